The van der Waals surface area contributed by atoms with E-state index in [4.69, 9.17) is 9.72 Å². The lowest BCUT2D eigenvalue weighted by Gasteiger charge is -2.13. The van der Waals surface area contributed by atoms with Gasteiger partial charge in [-0.25, -0.2) is 10.4 Å². The van der Waals surface area contributed by atoms with Crippen molar-refractivity contribution in [1.82, 2.24) is 15.0 Å². The molecule has 3 aromatic carbocycles. The van der Waals surface area contributed by atoms with Gasteiger partial charge in [0.15, 0.2) is 5.16 Å². The first kappa shape index (κ1) is 26.3. The van der Waals surface area contributed by atoms with Crippen LogP contribution >= 0.6 is 23.1 Å². The Bertz CT molecular complexity index is 1820. The predicted octanol–water partition coefficient (Wildman–Crippen LogP) is 6.12. The van der Waals surface area contributed by atoms with Crippen LogP contribution in [0, 0.1) is 0 Å². The van der Waals surface area contributed by atoms with Crippen LogP contribution in [-0.2, 0) is 17.6 Å². The number of aromatic nitrogens is 2. The molecule has 2 heterocycles. The minimum atomic E-state index is -0.272. The summed E-state index contributed by atoms with van der Waals surface area (Å²) in [4.78, 5) is 33.6. The Labute approximate surface area is 239 Å². The monoisotopic (exact) mass is 568 g/mol. The molecule has 0 saturated carbocycles. The van der Waals surface area contributed by atoms with Gasteiger partial charge in [0.2, 0.25) is 0 Å². The molecule has 0 spiro atoms. The van der Waals surface area contributed by atoms with Gasteiger partial charge in [-0.1, -0.05) is 54.2 Å². The molecule has 7 nitrogen and oxygen atoms in total. The maximum absolute atomic E-state index is 13.9. The molecule has 0 fully saturated rings. The molecule has 2 aromatic heterocycles. The summed E-state index contributed by atoms with van der Waals surface area (Å²) in [7, 11) is 0. The van der Waals surface area contributed by atoms with Crippen molar-refractivity contribution in [3.63, 3.8) is 0 Å². The lowest BCUT2D eigenvalue weighted by atomic mass is 10.0. The van der Waals surface area contributed by atoms with Gasteiger partial charge in [-0.15, -0.1) is 11.3 Å². The normalized spacial score (nSPS) is 13.1. The molecule has 1 amide bonds. The minimum absolute atomic E-state index is 0.0619. The molecule has 0 saturated heterocycles. The van der Waals surface area contributed by atoms with Gasteiger partial charge >= 0.3 is 0 Å². The molecular weight excluding hydrogens is 541 g/mol. The number of ether oxygens (including phenoxy) is 1. The van der Waals surface area contributed by atoms with Gasteiger partial charge in [-0.3, -0.25) is 14.2 Å². The van der Waals surface area contributed by atoms with E-state index in [-0.39, 0.29) is 17.2 Å². The molecule has 0 unspecified atom stereocenters. The summed E-state index contributed by atoms with van der Waals surface area (Å²) in [5, 5.41) is 7.74. The predicted molar refractivity (Wildman–Crippen MR) is 163 cm³/mol. The summed E-state index contributed by atoms with van der Waals surface area (Å²) < 4.78 is 7.20. The number of hydrogen-bond donors (Lipinski definition) is 1. The summed E-state index contributed by atoms with van der Waals surface area (Å²) in [6.07, 6.45) is 2.95. The van der Waals surface area contributed by atoms with Crippen molar-refractivity contribution >= 4 is 55.7 Å². The van der Waals surface area contributed by atoms with Gasteiger partial charge in [0.05, 0.1) is 29.1 Å². The zero-order valence-corrected chi connectivity index (χ0v) is 23.9. The number of thiophene rings is 1. The average molecular weight is 569 g/mol. The van der Waals surface area contributed by atoms with Gasteiger partial charge in [0.25, 0.3) is 11.5 Å². The van der Waals surface area contributed by atoms with Crippen molar-refractivity contribution < 1.29 is 9.53 Å². The molecule has 1 N–H and O–H groups in total. The number of carbonyl (C=O) groups excluding carboxylic acids is 1. The zero-order chi connectivity index (χ0) is 27.6. The summed E-state index contributed by atoms with van der Waals surface area (Å²) >= 11 is 2.82. The fourth-order valence-electron chi connectivity index (χ4n) is 5.12. The first-order valence-electron chi connectivity index (χ1n) is 13.3. The first-order chi connectivity index (χ1) is 19.5. The summed E-state index contributed by atoms with van der Waals surface area (Å²) in [6.45, 7) is 4.37. The van der Waals surface area contributed by atoms with Crippen LogP contribution in [0.25, 0.3) is 26.7 Å². The minimum Gasteiger partial charge on any atom is -0.494 e. The summed E-state index contributed by atoms with van der Waals surface area (Å²) in [6, 6.07) is 21.5. The van der Waals surface area contributed by atoms with E-state index in [1.807, 2.05) is 68.4 Å². The number of hydrogen-bond acceptors (Lipinski definition) is 7. The van der Waals surface area contributed by atoms with E-state index in [1.54, 1.807) is 15.9 Å². The molecule has 0 atom stereocenters. The number of aryl methyl sites for hydroxylation is 2. The van der Waals surface area contributed by atoms with E-state index >= 15 is 0 Å². The van der Waals surface area contributed by atoms with Gasteiger partial charge in [0, 0.05) is 10.4 Å². The van der Waals surface area contributed by atoms with Crippen molar-refractivity contribution in [1.29, 1.82) is 0 Å². The quantitative estimate of drug-likeness (QED) is 0.106. The van der Waals surface area contributed by atoms with Crippen LogP contribution in [0.1, 0.15) is 36.3 Å². The molecule has 0 bridgehead atoms. The van der Waals surface area contributed by atoms with Crippen molar-refractivity contribution in [2.75, 3.05) is 12.4 Å². The summed E-state index contributed by atoms with van der Waals surface area (Å²) in [5.74, 6) is 0.524. The van der Waals surface area contributed by atoms with Crippen LogP contribution < -0.4 is 15.7 Å². The smallest absolute Gasteiger partial charge is 0.267 e. The Hall–Kier alpha value is -3.95. The number of nitrogens with zero attached hydrogens (tertiary/aromatic N) is 3. The number of benzene rings is 3. The van der Waals surface area contributed by atoms with Gasteiger partial charge < -0.3 is 4.74 Å². The van der Waals surface area contributed by atoms with Crippen LogP contribution in [0.15, 0.2) is 81.8 Å². The van der Waals surface area contributed by atoms with Crippen LogP contribution in [-0.4, -0.2) is 33.5 Å². The molecule has 40 heavy (non-hydrogen) atoms. The molecule has 6 rings (SSSR count). The molecule has 5 aromatic rings. The second-order valence-electron chi connectivity index (χ2n) is 9.55. The Kier molecular flexibility index (Phi) is 7.40. The standard InChI is InChI=1S/C31H28N4O3S2/c1-3-38-22-16-14-21(15-17-22)35-30(37)28-25-12-7-13-26(25)40-29(28)32-31(35)39-18-27(36)34-33-19(2)23-11-6-9-20-8-4-5-10-24(20)23/h4-6,8-11,14-17H,3,7,12-13,18H2,1-2H3,(H,34,36). The third-order valence-corrected chi connectivity index (χ3v) is 9.10. The largest absolute Gasteiger partial charge is 0.494 e. The van der Waals surface area contributed by atoms with E-state index in [0.29, 0.717) is 28.5 Å². The Morgan fingerprint density at radius 1 is 1.10 bits per heavy atom. The highest BCUT2D eigenvalue weighted by atomic mass is 32.2. The van der Waals surface area contributed by atoms with E-state index in [2.05, 4.69) is 22.7 Å². The summed E-state index contributed by atoms with van der Waals surface area (Å²) in [5.41, 5.74) is 6.08. The maximum atomic E-state index is 13.9. The molecule has 0 radical (unpaired) electrons. The molecule has 9 heteroatoms. The zero-order valence-electron chi connectivity index (χ0n) is 22.3. The molecular formula is C31H28N4O3S2. The molecule has 202 valence electrons. The van der Waals surface area contributed by atoms with Crippen LogP contribution in [0.2, 0.25) is 0 Å². The maximum Gasteiger partial charge on any atom is 0.267 e. The van der Waals surface area contributed by atoms with Crippen molar-refractivity contribution in [3.05, 3.63) is 93.1 Å². The Balaban J connectivity index is 1.27. The topological polar surface area (TPSA) is 85.6 Å². The second kappa shape index (κ2) is 11.3. The SMILES string of the molecule is CCOc1ccc(-n2c(SCC(=O)NN=C(C)c3cccc4ccccc34)nc3sc4c(c3c2=O)CCC4)cc1. The van der Waals surface area contributed by atoms with Gasteiger partial charge in [-0.05, 0) is 73.7 Å². The van der Waals surface area contributed by atoms with E-state index in [0.717, 1.165) is 51.7 Å². The number of amides is 1. The number of hydrazone groups is 1. The van der Waals surface area contributed by atoms with E-state index in [1.165, 1.54) is 16.6 Å². The lowest BCUT2D eigenvalue weighted by molar-refractivity contribution is -0.118. The number of carbonyl (C=O) groups is 1. The van der Waals surface area contributed by atoms with Crippen molar-refractivity contribution in [2.24, 2.45) is 5.10 Å². The van der Waals surface area contributed by atoms with E-state index in [9.17, 15) is 9.59 Å². The van der Waals surface area contributed by atoms with Gasteiger partial charge in [-0.2, -0.15) is 5.10 Å². The van der Waals surface area contributed by atoms with Gasteiger partial charge in [0.1, 0.15) is 10.6 Å². The number of rotatable bonds is 8. The second-order valence-corrected chi connectivity index (χ2v) is 11.6. The number of thioether (sulfide) groups is 1. The van der Waals surface area contributed by atoms with Crippen molar-refractivity contribution in [2.45, 2.75) is 38.3 Å². The number of fused-ring (bicyclic) bond motifs is 4. The van der Waals surface area contributed by atoms with Crippen LogP contribution in [0.5, 0.6) is 5.75 Å². The fourth-order valence-corrected chi connectivity index (χ4v) is 7.22. The Morgan fingerprint density at radius 3 is 2.73 bits per heavy atom. The van der Waals surface area contributed by atoms with Crippen LogP contribution in [0.3, 0.4) is 0 Å². The third-order valence-electron chi connectivity index (χ3n) is 6.97. The molecule has 1 aliphatic carbocycles. The van der Waals surface area contributed by atoms with Crippen LogP contribution in [0.4, 0.5) is 0 Å². The average Bonchev–Trinajstić information content (AvgIpc) is 3.56. The van der Waals surface area contributed by atoms with E-state index < -0.39 is 0 Å². The third kappa shape index (κ3) is 5.02. The number of nitrogens with one attached hydrogen (secondary N) is 1. The first-order valence-corrected chi connectivity index (χ1v) is 15.1. The highest BCUT2D eigenvalue weighted by Crippen LogP contribution is 2.36. The van der Waals surface area contributed by atoms with Crippen molar-refractivity contribution in [3.8, 4) is 11.4 Å². The highest BCUT2D eigenvalue weighted by molar-refractivity contribution is 7.99. The lowest BCUT2D eigenvalue weighted by Crippen LogP contribution is -2.24. The fraction of sp³-hybridized carbons (Fsp3) is 0.226. The highest BCUT2D eigenvalue weighted by Gasteiger charge is 2.24. The Morgan fingerprint density at radius 2 is 1.90 bits per heavy atom. The molecule has 0 aliphatic heterocycles. The molecule has 1 aliphatic rings.